The van der Waals surface area contributed by atoms with Gasteiger partial charge in [0, 0.05) is 6.54 Å². The van der Waals surface area contributed by atoms with Crippen LogP contribution in [0.25, 0.3) is 10.1 Å². The summed E-state index contributed by atoms with van der Waals surface area (Å²) in [7, 11) is 0. The van der Waals surface area contributed by atoms with Gasteiger partial charge in [-0.2, -0.15) is 17.5 Å². The second-order valence-electron chi connectivity index (χ2n) is 7.29. The van der Waals surface area contributed by atoms with E-state index >= 15 is 0 Å². The summed E-state index contributed by atoms with van der Waals surface area (Å²) in [5.41, 5.74) is 0.415. The first-order valence-corrected chi connectivity index (χ1v) is 10.8. The fraction of sp³-hybridized carbons (Fsp3) is 0.125. The van der Waals surface area contributed by atoms with Crippen LogP contribution in [0, 0.1) is 0 Å². The molecule has 1 aromatic heterocycles. The Hall–Kier alpha value is -3.92. The molecule has 2 N–H and O–H groups in total. The highest BCUT2D eigenvalue weighted by atomic mass is 32.1. The number of hydrogen-bond donors (Lipinski definition) is 2. The van der Waals surface area contributed by atoms with Crippen molar-refractivity contribution in [1.29, 1.82) is 0 Å². The van der Waals surface area contributed by atoms with Gasteiger partial charge in [-0.1, -0.05) is 18.2 Å². The summed E-state index contributed by atoms with van der Waals surface area (Å²) >= 11 is 1.11. The number of rotatable bonds is 7. The van der Waals surface area contributed by atoms with Gasteiger partial charge in [0.05, 0.1) is 21.2 Å². The lowest BCUT2D eigenvalue weighted by Gasteiger charge is -2.10. The lowest BCUT2D eigenvalue weighted by atomic mass is 10.1. The zero-order valence-electron chi connectivity index (χ0n) is 17.4. The number of nitrogens with one attached hydrogen (secondary N) is 1. The smallest absolute Gasteiger partial charge is 0.416 e. The molecule has 0 saturated heterocycles. The predicted molar refractivity (Wildman–Crippen MR) is 121 cm³/mol. The van der Waals surface area contributed by atoms with Gasteiger partial charge in [0.1, 0.15) is 11.5 Å². The molecule has 0 saturated carbocycles. The average molecular weight is 486 g/mol. The molecule has 1 heterocycles. The van der Waals surface area contributed by atoms with Gasteiger partial charge in [-0.05, 0) is 72.0 Å². The number of fused-ring (bicyclic) bond motifs is 1. The number of nitrogens with zero attached hydrogens (tertiary/aromatic N) is 1. The first-order chi connectivity index (χ1) is 16.2. The Bertz CT molecular complexity index is 1330. The molecular formula is C24H17F3N2O4S. The molecule has 0 atom stereocenters. The number of carbonyl (C=O) groups excluding carboxylic acids is 1. The van der Waals surface area contributed by atoms with Crippen molar-refractivity contribution in [2.24, 2.45) is 0 Å². The normalized spacial score (nSPS) is 11.4. The van der Waals surface area contributed by atoms with E-state index in [1.54, 1.807) is 30.3 Å². The highest BCUT2D eigenvalue weighted by Gasteiger charge is 2.30. The SMILES string of the molecule is O=C(O)c1ccc(CCNC(=O)c2nsc3cccc(Oc4ccc(C(F)(F)F)cc4)c23)cc1. The van der Waals surface area contributed by atoms with E-state index in [-0.39, 0.29) is 17.0 Å². The minimum absolute atomic E-state index is 0.156. The predicted octanol–water partition coefficient (Wildman–Crippen LogP) is 5.78. The molecule has 4 aromatic rings. The first-order valence-electron chi connectivity index (χ1n) is 10.1. The van der Waals surface area contributed by atoms with E-state index in [9.17, 15) is 22.8 Å². The molecule has 6 nitrogen and oxygen atoms in total. The maximum absolute atomic E-state index is 12.8. The van der Waals surface area contributed by atoms with E-state index in [1.807, 2.05) is 0 Å². The Morgan fingerprint density at radius 1 is 1.00 bits per heavy atom. The summed E-state index contributed by atoms with van der Waals surface area (Å²) in [6.07, 6.45) is -3.96. The Morgan fingerprint density at radius 2 is 1.71 bits per heavy atom. The van der Waals surface area contributed by atoms with Crippen LogP contribution in [0.2, 0.25) is 0 Å². The molecule has 34 heavy (non-hydrogen) atoms. The Labute approximate surface area is 195 Å². The molecule has 0 unspecified atom stereocenters. The van der Waals surface area contributed by atoms with E-state index in [4.69, 9.17) is 9.84 Å². The van der Waals surface area contributed by atoms with Crippen LogP contribution in [0.4, 0.5) is 13.2 Å². The van der Waals surface area contributed by atoms with E-state index in [1.165, 1.54) is 24.3 Å². The van der Waals surface area contributed by atoms with Gasteiger partial charge in [0.25, 0.3) is 5.91 Å². The molecule has 174 valence electrons. The first kappa shape index (κ1) is 23.2. The van der Waals surface area contributed by atoms with E-state index in [0.717, 1.165) is 29.2 Å². The summed E-state index contributed by atoms with van der Waals surface area (Å²) in [5.74, 6) is -0.926. The Kier molecular flexibility index (Phi) is 6.51. The minimum Gasteiger partial charge on any atom is -0.478 e. The lowest BCUT2D eigenvalue weighted by molar-refractivity contribution is -0.137. The highest BCUT2D eigenvalue weighted by Crippen LogP contribution is 2.36. The van der Waals surface area contributed by atoms with Crippen LogP contribution in [0.15, 0.2) is 66.7 Å². The third-order valence-corrected chi connectivity index (χ3v) is 5.80. The van der Waals surface area contributed by atoms with Gasteiger partial charge in [-0.3, -0.25) is 4.79 Å². The van der Waals surface area contributed by atoms with E-state index in [2.05, 4.69) is 9.69 Å². The Balaban J connectivity index is 1.47. The summed E-state index contributed by atoms with van der Waals surface area (Å²) in [4.78, 5) is 23.7. The molecule has 0 aliphatic carbocycles. The van der Waals surface area contributed by atoms with Crippen LogP contribution in [0.1, 0.15) is 32.0 Å². The van der Waals surface area contributed by atoms with Crippen LogP contribution in [0.3, 0.4) is 0 Å². The van der Waals surface area contributed by atoms with Gasteiger partial charge in [0.2, 0.25) is 0 Å². The zero-order valence-corrected chi connectivity index (χ0v) is 18.2. The van der Waals surface area contributed by atoms with Crippen molar-refractivity contribution in [3.05, 3.63) is 89.1 Å². The molecule has 1 amide bonds. The molecular weight excluding hydrogens is 469 g/mol. The number of carboxylic acid groups (broad SMARTS) is 1. The topological polar surface area (TPSA) is 88.5 Å². The second kappa shape index (κ2) is 9.52. The number of halogens is 3. The molecule has 0 bridgehead atoms. The third-order valence-electron chi connectivity index (χ3n) is 4.98. The largest absolute Gasteiger partial charge is 0.478 e. The molecule has 0 spiro atoms. The molecule has 0 fully saturated rings. The quantitative estimate of drug-likeness (QED) is 0.346. The van der Waals surface area contributed by atoms with Crippen molar-refractivity contribution in [1.82, 2.24) is 9.69 Å². The molecule has 4 rings (SSSR count). The van der Waals surface area contributed by atoms with Gasteiger partial charge >= 0.3 is 12.1 Å². The van der Waals surface area contributed by atoms with E-state index in [0.29, 0.717) is 28.8 Å². The summed E-state index contributed by atoms with van der Waals surface area (Å²) in [6.45, 7) is 0.298. The summed E-state index contributed by atoms with van der Waals surface area (Å²) < 4.78 is 49.1. The van der Waals surface area contributed by atoms with Crippen molar-refractivity contribution < 1.29 is 32.6 Å². The number of ether oxygens (including phenoxy) is 1. The molecule has 0 aliphatic heterocycles. The van der Waals surface area contributed by atoms with Crippen molar-refractivity contribution in [2.75, 3.05) is 6.54 Å². The lowest BCUT2D eigenvalue weighted by Crippen LogP contribution is -2.26. The van der Waals surface area contributed by atoms with Gasteiger partial charge in [-0.15, -0.1) is 0 Å². The monoisotopic (exact) mass is 486 g/mol. The van der Waals surface area contributed by atoms with E-state index < -0.39 is 23.6 Å². The third kappa shape index (κ3) is 5.18. The van der Waals surface area contributed by atoms with Gasteiger partial charge in [-0.25, -0.2) is 4.79 Å². The number of alkyl halides is 3. The average Bonchev–Trinajstić information content (AvgIpc) is 3.24. The standard InChI is InChI=1S/C24H17F3N2O4S/c25-24(26,27)16-8-10-17(11-9-16)33-18-2-1-3-19-20(18)21(29-34-19)22(30)28-13-12-14-4-6-15(7-5-14)23(31)32/h1-11H,12-13H2,(H,28,30)(H,31,32). The summed E-state index contributed by atoms with van der Waals surface area (Å²) in [5, 5.41) is 12.2. The minimum atomic E-state index is -4.45. The van der Waals surface area contributed by atoms with Crippen LogP contribution in [0.5, 0.6) is 11.5 Å². The van der Waals surface area contributed by atoms with Crippen LogP contribution < -0.4 is 10.1 Å². The zero-order chi connectivity index (χ0) is 24.3. The highest BCUT2D eigenvalue weighted by molar-refractivity contribution is 7.13. The van der Waals surface area contributed by atoms with Crippen molar-refractivity contribution in [2.45, 2.75) is 12.6 Å². The number of amides is 1. The number of aromatic nitrogens is 1. The number of carboxylic acids is 1. The molecule has 10 heteroatoms. The maximum atomic E-state index is 12.8. The Morgan fingerprint density at radius 3 is 2.35 bits per heavy atom. The number of benzene rings is 3. The fourth-order valence-corrected chi connectivity index (χ4v) is 4.05. The van der Waals surface area contributed by atoms with Crippen molar-refractivity contribution >= 4 is 33.5 Å². The number of carbonyl (C=O) groups is 2. The van der Waals surface area contributed by atoms with Gasteiger partial charge < -0.3 is 15.2 Å². The summed E-state index contributed by atoms with van der Waals surface area (Å²) in [6, 6.07) is 15.8. The molecule has 0 radical (unpaired) electrons. The van der Waals surface area contributed by atoms with Crippen LogP contribution in [-0.4, -0.2) is 27.9 Å². The van der Waals surface area contributed by atoms with Crippen LogP contribution >= 0.6 is 11.5 Å². The molecule has 0 aliphatic rings. The second-order valence-corrected chi connectivity index (χ2v) is 8.10. The van der Waals surface area contributed by atoms with Crippen molar-refractivity contribution in [3.63, 3.8) is 0 Å². The fourth-order valence-electron chi connectivity index (χ4n) is 3.26. The number of aromatic carboxylic acids is 1. The van der Waals surface area contributed by atoms with Gasteiger partial charge in [0.15, 0.2) is 5.69 Å². The maximum Gasteiger partial charge on any atom is 0.416 e. The van der Waals surface area contributed by atoms with Crippen LogP contribution in [-0.2, 0) is 12.6 Å². The molecule has 3 aromatic carbocycles. The number of hydrogen-bond acceptors (Lipinski definition) is 5. The van der Waals surface area contributed by atoms with Crippen molar-refractivity contribution in [3.8, 4) is 11.5 Å².